The van der Waals surface area contributed by atoms with E-state index in [1.54, 1.807) is 6.08 Å². The molecule has 0 bridgehead atoms. The minimum atomic E-state index is 0.208. The van der Waals surface area contributed by atoms with Gasteiger partial charge in [0.15, 0.2) is 0 Å². The highest BCUT2D eigenvalue weighted by Crippen LogP contribution is 1.92. The Morgan fingerprint density at radius 3 is 2.57 bits per heavy atom. The van der Waals surface area contributed by atoms with Gasteiger partial charge in [-0.1, -0.05) is 6.58 Å². The molecule has 0 radical (unpaired) electrons. The van der Waals surface area contributed by atoms with Gasteiger partial charge in [0.25, 0.3) is 0 Å². The smallest absolute Gasteiger partial charge is 0.111 e. The second-order valence-corrected chi connectivity index (χ2v) is 1.85. The first-order valence-corrected chi connectivity index (χ1v) is 2.50. The molecule has 1 saturated heterocycles. The SMILES string of the molecule is C=CC1CC[NH+]1[O-]. The van der Waals surface area contributed by atoms with Crippen molar-refractivity contribution in [3.05, 3.63) is 17.9 Å². The van der Waals surface area contributed by atoms with Crippen LogP contribution in [0.4, 0.5) is 0 Å². The summed E-state index contributed by atoms with van der Waals surface area (Å²) in [5, 5.41) is 10.7. The van der Waals surface area contributed by atoms with E-state index >= 15 is 0 Å². The van der Waals surface area contributed by atoms with Crippen LogP contribution in [0.15, 0.2) is 12.7 Å². The number of rotatable bonds is 1. The summed E-state index contributed by atoms with van der Waals surface area (Å²) >= 11 is 0. The van der Waals surface area contributed by atoms with E-state index in [1.807, 2.05) is 0 Å². The molecule has 7 heavy (non-hydrogen) atoms. The Morgan fingerprint density at radius 2 is 2.57 bits per heavy atom. The topological polar surface area (TPSA) is 27.5 Å². The third kappa shape index (κ3) is 0.667. The molecule has 1 fully saturated rings. The van der Waals surface area contributed by atoms with E-state index in [0.29, 0.717) is 5.06 Å². The molecular formula is C5H9NO. The number of hydrogen-bond acceptors (Lipinski definition) is 1. The van der Waals surface area contributed by atoms with Gasteiger partial charge in [-0.3, -0.25) is 0 Å². The summed E-state index contributed by atoms with van der Waals surface area (Å²) in [6.07, 6.45) is 2.76. The number of quaternary nitrogens is 1. The van der Waals surface area contributed by atoms with Gasteiger partial charge in [-0.2, -0.15) is 0 Å². The van der Waals surface area contributed by atoms with Gasteiger partial charge in [0, 0.05) is 0 Å². The zero-order chi connectivity index (χ0) is 5.28. The summed E-state index contributed by atoms with van der Waals surface area (Å²) in [4.78, 5) is 0. The summed E-state index contributed by atoms with van der Waals surface area (Å²) < 4.78 is 0. The van der Waals surface area contributed by atoms with Crippen molar-refractivity contribution in [1.29, 1.82) is 0 Å². The minimum Gasteiger partial charge on any atom is -0.634 e. The lowest BCUT2D eigenvalue weighted by Gasteiger charge is -2.38. The molecule has 1 aliphatic rings. The summed E-state index contributed by atoms with van der Waals surface area (Å²) in [7, 11) is 0. The fourth-order valence-electron chi connectivity index (χ4n) is 0.678. The van der Waals surface area contributed by atoms with Crippen molar-refractivity contribution in [2.45, 2.75) is 12.5 Å². The fourth-order valence-corrected chi connectivity index (χ4v) is 0.678. The van der Waals surface area contributed by atoms with E-state index in [-0.39, 0.29) is 6.04 Å². The van der Waals surface area contributed by atoms with Crippen LogP contribution in [0.3, 0.4) is 0 Å². The molecular weight excluding hydrogens is 90.1 g/mol. The molecule has 0 aliphatic carbocycles. The average Bonchev–Trinajstić information content (AvgIpc) is 1.65. The zero-order valence-corrected chi connectivity index (χ0v) is 4.18. The molecule has 0 aromatic carbocycles. The number of nitrogens with one attached hydrogen (secondary N) is 1. The van der Waals surface area contributed by atoms with Crippen molar-refractivity contribution in [3.8, 4) is 0 Å². The molecule has 1 N–H and O–H groups in total. The summed E-state index contributed by atoms with van der Waals surface area (Å²) in [5.41, 5.74) is 0. The minimum absolute atomic E-state index is 0.208. The van der Waals surface area contributed by atoms with Gasteiger partial charge >= 0.3 is 0 Å². The maximum Gasteiger partial charge on any atom is 0.111 e. The molecule has 0 spiro atoms. The van der Waals surface area contributed by atoms with E-state index in [9.17, 15) is 5.21 Å². The van der Waals surface area contributed by atoms with Crippen LogP contribution in [0.2, 0.25) is 0 Å². The Labute approximate surface area is 43.0 Å². The molecule has 0 saturated carbocycles. The average molecular weight is 99.1 g/mol. The van der Waals surface area contributed by atoms with Crippen LogP contribution in [-0.2, 0) is 0 Å². The van der Waals surface area contributed by atoms with Gasteiger partial charge in [0.05, 0.1) is 13.0 Å². The molecule has 2 unspecified atom stereocenters. The van der Waals surface area contributed by atoms with E-state index in [4.69, 9.17) is 0 Å². The molecule has 2 nitrogen and oxygen atoms in total. The molecule has 0 aromatic heterocycles. The maximum atomic E-state index is 10.4. The highest BCUT2D eigenvalue weighted by Gasteiger charge is 2.21. The van der Waals surface area contributed by atoms with Crippen molar-refractivity contribution in [1.82, 2.24) is 0 Å². The highest BCUT2D eigenvalue weighted by molar-refractivity contribution is 4.82. The van der Waals surface area contributed by atoms with Gasteiger partial charge in [0.1, 0.15) is 6.04 Å². The van der Waals surface area contributed by atoms with Crippen LogP contribution in [0.25, 0.3) is 0 Å². The van der Waals surface area contributed by atoms with Crippen molar-refractivity contribution in [2.75, 3.05) is 6.54 Å². The van der Waals surface area contributed by atoms with Crippen LogP contribution in [0.1, 0.15) is 6.42 Å². The maximum absolute atomic E-state index is 10.4. The van der Waals surface area contributed by atoms with Crippen LogP contribution < -0.4 is 5.06 Å². The van der Waals surface area contributed by atoms with E-state index in [0.717, 1.165) is 13.0 Å². The monoisotopic (exact) mass is 99.1 g/mol. The van der Waals surface area contributed by atoms with Crippen molar-refractivity contribution in [3.63, 3.8) is 0 Å². The van der Waals surface area contributed by atoms with Crippen LogP contribution >= 0.6 is 0 Å². The quantitative estimate of drug-likeness (QED) is 0.342. The third-order valence-electron chi connectivity index (χ3n) is 1.40. The van der Waals surface area contributed by atoms with Gasteiger partial charge in [-0.05, 0) is 6.08 Å². The predicted octanol–water partition coefficient (Wildman–Crippen LogP) is -0.673. The number of hydrogen-bond donors (Lipinski definition) is 1. The lowest BCUT2D eigenvalue weighted by Crippen LogP contribution is -3.17. The molecule has 0 amide bonds. The van der Waals surface area contributed by atoms with E-state index in [2.05, 4.69) is 6.58 Å². The normalized spacial score (nSPS) is 39.6. The predicted molar refractivity (Wildman–Crippen MR) is 27.8 cm³/mol. The first-order chi connectivity index (χ1) is 3.34. The molecule has 1 aliphatic heterocycles. The number of hydroxylamine groups is 2. The van der Waals surface area contributed by atoms with Crippen molar-refractivity contribution in [2.24, 2.45) is 0 Å². The molecule has 40 valence electrons. The van der Waals surface area contributed by atoms with Gasteiger partial charge in [0.2, 0.25) is 0 Å². The summed E-state index contributed by atoms with van der Waals surface area (Å²) in [6.45, 7) is 4.29. The lowest BCUT2D eigenvalue weighted by atomic mass is 10.1. The zero-order valence-electron chi connectivity index (χ0n) is 4.18. The van der Waals surface area contributed by atoms with E-state index < -0.39 is 0 Å². The van der Waals surface area contributed by atoms with Crippen molar-refractivity contribution < 1.29 is 5.06 Å². The molecule has 2 heteroatoms. The largest absolute Gasteiger partial charge is 0.634 e. The Kier molecular flexibility index (Phi) is 1.13. The van der Waals surface area contributed by atoms with Crippen LogP contribution in [0, 0.1) is 5.21 Å². The third-order valence-corrected chi connectivity index (χ3v) is 1.40. The van der Waals surface area contributed by atoms with Crippen LogP contribution in [0.5, 0.6) is 0 Å². The summed E-state index contributed by atoms with van der Waals surface area (Å²) in [5.74, 6) is 0. The van der Waals surface area contributed by atoms with Crippen molar-refractivity contribution >= 4 is 0 Å². The first kappa shape index (κ1) is 4.81. The first-order valence-electron chi connectivity index (χ1n) is 2.50. The molecule has 2 atom stereocenters. The fraction of sp³-hybridized carbons (Fsp3) is 0.600. The van der Waals surface area contributed by atoms with Gasteiger partial charge < -0.3 is 10.3 Å². The standard InChI is InChI=1S/C5H9NO/c1-2-5-3-4-6(5)7/h2,5-6H,1,3-4H2. The molecule has 1 heterocycles. The molecule has 1 rings (SSSR count). The second-order valence-electron chi connectivity index (χ2n) is 1.85. The Balaban J connectivity index is 2.28. The highest BCUT2D eigenvalue weighted by atomic mass is 16.5. The van der Waals surface area contributed by atoms with Gasteiger partial charge in [-0.25, -0.2) is 0 Å². The van der Waals surface area contributed by atoms with Crippen LogP contribution in [-0.4, -0.2) is 12.6 Å². The Hall–Kier alpha value is -0.340. The Morgan fingerprint density at radius 1 is 1.86 bits per heavy atom. The second kappa shape index (κ2) is 1.64. The summed E-state index contributed by atoms with van der Waals surface area (Å²) in [6, 6.07) is 0.208. The Bertz CT molecular complexity index is 82.1. The van der Waals surface area contributed by atoms with Gasteiger partial charge in [-0.15, -0.1) is 0 Å². The molecule has 0 aromatic rings. The lowest BCUT2D eigenvalue weighted by molar-refractivity contribution is -0.911. The van der Waals surface area contributed by atoms with E-state index in [1.165, 1.54) is 0 Å².